The molecule has 0 bridgehead atoms. The highest BCUT2D eigenvalue weighted by atomic mass is 79.9. The summed E-state index contributed by atoms with van der Waals surface area (Å²) in [7, 11) is 0. The number of alkyl halides is 12. The normalized spacial score (nSPS) is 20.6. The summed E-state index contributed by atoms with van der Waals surface area (Å²) in [6, 6.07) is 37.3. The molecule has 5 aromatic heterocycles. The number of anilines is 4. The molecule has 41 heteroatoms. The van der Waals surface area contributed by atoms with E-state index in [0.717, 1.165) is 75.7 Å². The molecule has 0 spiro atoms. The Labute approximate surface area is 798 Å². The second-order valence-electron chi connectivity index (χ2n) is 33.8. The van der Waals surface area contributed by atoms with E-state index in [9.17, 15) is 96.6 Å². The highest BCUT2D eigenvalue weighted by Crippen LogP contribution is 2.48. The average Bonchev–Trinajstić information content (AvgIpc) is 1.57. The molecule has 1 N–H and O–H groups in total. The molecule has 26 nitrogen and oxygen atoms in total. The second kappa shape index (κ2) is 43.2. The lowest BCUT2D eigenvalue weighted by Gasteiger charge is -2.51. The summed E-state index contributed by atoms with van der Waals surface area (Å²) in [5.74, 6) is -1.90. The number of piperazine rings is 3. The monoisotopic (exact) mass is 2010 g/mol. The van der Waals surface area contributed by atoms with Crippen molar-refractivity contribution in [1.29, 1.82) is 5.26 Å². The number of piperidine rings is 3. The summed E-state index contributed by atoms with van der Waals surface area (Å²) in [4.78, 5) is 124. The maximum Gasteiger partial charge on any atom is 0.425 e. The van der Waals surface area contributed by atoms with Crippen molar-refractivity contribution in [3.8, 4) is 29.1 Å². The van der Waals surface area contributed by atoms with Gasteiger partial charge in [0, 0.05) is 182 Å². The van der Waals surface area contributed by atoms with Gasteiger partial charge in [-0.1, -0.05) is 85.1 Å². The minimum absolute atomic E-state index is 0.00526. The molecule has 7 saturated heterocycles. The zero-order valence-electron chi connectivity index (χ0n) is 74.6. The Morgan fingerprint density at radius 3 is 1.45 bits per heavy atom. The third-order valence-electron chi connectivity index (χ3n) is 25.2. The van der Waals surface area contributed by atoms with E-state index < -0.39 is 109 Å². The molecule has 0 saturated carbocycles. The van der Waals surface area contributed by atoms with Crippen LogP contribution in [0.5, 0.6) is 23.0 Å². The van der Waals surface area contributed by atoms with Gasteiger partial charge in [0.1, 0.15) is 45.2 Å². The molecule has 5 atom stereocenters. The number of amides is 7. The molecule has 728 valence electrons. The zero-order valence-corrected chi connectivity index (χ0v) is 77.8. The number of pyridine rings is 3. The summed E-state index contributed by atoms with van der Waals surface area (Å²) in [6.07, 6.45) is -10.0. The van der Waals surface area contributed by atoms with Crippen molar-refractivity contribution in [3.05, 3.63) is 229 Å². The van der Waals surface area contributed by atoms with E-state index in [1.54, 1.807) is 86.2 Å². The fraction of sp³-hybridized carbons (Fsp3) is 0.427. The number of para-hydroxylation sites is 4. The van der Waals surface area contributed by atoms with Gasteiger partial charge < -0.3 is 73.1 Å². The first-order chi connectivity index (χ1) is 65.5. The van der Waals surface area contributed by atoms with Crippen LogP contribution in [0.15, 0.2) is 186 Å². The first-order valence-electron chi connectivity index (χ1n) is 44.9. The Balaban J connectivity index is 0.000000165. The highest BCUT2D eigenvalue weighted by Gasteiger charge is 2.59. The van der Waals surface area contributed by atoms with E-state index >= 15 is 0 Å². The fourth-order valence-corrected chi connectivity index (χ4v) is 20.3. The van der Waals surface area contributed by atoms with Crippen LogP contribution in [0.1, 0.15) is 142 Å². The number of aliphatic hydroxyl groups is 1. The maximum atomic E-state index is 14.8. The molecule has 0 aliphatic carbocycles. The van der Waals surface area contributed by atoms with Crippen LogP contribution in [0.3, 0.4) is 0 Å². The minimum atomic E-state index is -4.86. The minimum Gasteiger partial charge on any atom is -0.489 e. The smallest absolute Gasteiger partial charge is 0.425 e. The van der Waals surface area contributed by atoms with Crippen molar-refractivity contribution in [1.82, 2.24) is 44.4 Å². The number of ether oxygens (including phenoxy) is 4. The van der Waals surface area contributed by atoms with E-state index in [-0.39, 0.29) is 112 Å². The number of aromatic nitrogens is 3. The number of hydrogen-bond donors (Lipinski definition) is 1. The predicted octanol–water partition coefficient (Wildman–Crippen LogP) is 16.7. The van der Waals surface area contributed by atoms with E-state index in [2.05, 4.69) is 46.8 Å². The summed E-state index contributed by atoms with van der Waals surface area (Å²) in [6.45, 7) is 9.19. The molecule has 7 aliphatic heterocycles. The van der Waals surface area contributed by atoms with Crippen LogP contribution in [0.2, 0.25) is 0 Å². The van der Waals surface area contributed by atoms with Crippen LogP contribution < -0.4 is 38.5 Å². The molecule has 16 rings (SSSR count). The van der Waals surface area contributed by atoms with Crippen molar-refractivity contribution in [2.45, 2.75) is 138 Å². The van der Waals surface area contributed by atoms with Crippen molar-refractivity contribution in [3.63, 3.8) is 0 Å². The molecule has 4 aromatic carbocycles. The maximum absolute atomic E-state index is 14.8. The molecule has 7 aliphatic rings. The number of β-lactam (4-membered cyclic amide) rings is 1. The molecular formula is C96H99BrF12N14O12S2. The Bertz CT molecular complexity index is 5800. The Hall–Kier alpha value is -12.3. The number of aliphatic hydroxyl groups excluding tert-OH is 1. The van der Waals surface area contributed by atoms with Crippen LogP contribution in [-0.2, 0) is 43.9 Å². The van der Waals surface area contributed by atoms with Gasteiger partial charge in [0.05, 0.1) is 81.7 Å². The van der Waals surface area contributed by atoms with Gasteiger partial charge in [-0.2, -0.15) is 57.9 Å². The predicted molar refractivity (Wildman–Crippen MR) is 489 cm³/mol. The van der Waals surface area contributed by atoms with E-state index in [0.29, 0.717) is 164 Å². The zero-order chi connectivity index (χ0) is 97.8. The summed E-state index contributed by atoms with van der Waals surface area (Å²) >= 11 is 4.28. The number of benzene rings is 4. The highest BCUT2D eigenvalue weighted by molar-refractivity contribution is 9.10. The second-order valence-corrected chi connectivity index (χ2v) is 36.5. The van der Waals surface area contributed by atoms with E-state index in [1.165, 1.54) is 15.2 Å². The van der Waals surface area contributed by atoms with Crippen molar-refractivity contribution in [2.24, 2.45) is 0 Å². The van der Waals surface area contributed by atoms with Gasteiger partial charge >= 0.3 is 24.7 Å². The van der Waals surface area contributed by atoms with E-state index in [1.807, 2.05) is 78.6 Å². The van der Waals surface area contributed by atoms with Gasteiger partial charge in [-0.25, -0.2) is 4.98 Å². The SMILES string of the molecule is CCC[C@H]1N(C(=O)c2ccccc2C#N)CCC[C@@]1(Oc1csc(C(F)(F)F)c1)C(=O)N1CCN(c2ccccc2OCCO)CC1.CCC[C@H]1N(C(=O)c2cnccc2C(F)(F)F)CCC[C@@]1(Oc1csc(C(F)(F)F)c1)C(=O)N1CCN(c2ccccc2N2CCC2=O)CC1.O=C(c1cnccc1C(F)(F)F)N1CCCC(Oc2ccc(Br)cc2)(C(=O)N2CCN(c3ccccn3)CC2)C1. The van der Waals surface area contributed by atoms with Crippen LogP contribution in [0.25, 0.3) is 0 Å². The number of carbonyl (C=O) groups is 7. The average molecular weight is 2010 g/mol. The van der Waals surface area contributed by atoms with Crippen molar-refractivity contribution in [2.75, 3.05) is 144 Å². The van der Waals surface area contributed by atoms with Crippen molar-refractivity contribution < 1.29 is 110 Å². The lowest BCUT2D eigenvalue weighted by atomic mass is 9.79. The van der Waals surface area contributed by atoms with Crippen LogP contribution >= 0.6 is 38.6 Å². The summed E-state index contributed by atoms with van der Waals surface area (Å²) in [5, 5.41) is 21.3. The van der Waals surface area contributed by atoms with Crippen LogP contribution in [0, 0.1) is 11.3 Å². The first-order valence-corrected chi connectivity index (χ1v) is 47.4. The number of nitriles is 1. The standard InChI is InChI=1S/C34H35F6N5O4S.C34H37F3N4O5S.C28H27BrF3N5O3/c1-2-6-27-32(49-22-19-28(50-21-22)34(38,39)40,11-5-13-45(27)30(47)23-20-41-12-9-24(23)33(35,36)37)31(48)43-17-15-42(16-18-43)25-7-3-4-8-26(25)44-14-10-29(44)46;1-2-8-29-33(46-25-21-30(47-23-25)34(35,36)37,13-7-14-41(29)31(43)26-10-4-3-9-24(26)22-38)32(44)40-17-15-39(16-18-40)27-11-5-6-12-28(27)45-20-19-42;29-20-5-7-21(8-6-20)40-27(26(39)36-16-14-35(15-17-36)24-4-1-2-11-34-24)10-3-13-37(19-27)25(38)22-18-33-12-9-23(22)28(30,31)32/h3-4,7-9,12,19-21,27H,2,5-6,10-11,13-18H2,1H3;3-6,9-12,21,23,29,42H,2,7-8,13-20H2,1H3;1-2,4-9,11-12,18H,3,10,13-17,19H2/t27-,32+;29-,33+;/m11./s1. The van der Waals surface area contributed by atoms with Crippen LogP contribution in [0.4, 0.5) is 75.6 Å². The molecule has 9 aromatic rings. The molecule has 0 radical (unpaired) electrons. The first kappa shape index (κ1) is 101. The largest absolute Gasteiger partial charge is 0.489 e. The van der Waals surface area contributed by atoms with Gasteiger partial charge in [0.2, 0.25) is 22.7 Å². The molecule has 137 heavy (non-hydrogen) atoms. The van der Waals surface area contributed by atoms with Gasteiger partial charge in [-0.3, -0.25) is 43.5 Å². The van der Waals surface area contributed by atoms with Crippen LogP contribution in [-0.4, -0.2) is 244 Å². The molecule has 7 fully saturated rings. The Kier molecular flexibility index (Phi) is 31.7. The topological polar surface area (TPSA) is 272 Å². The summed E-state index contributed by atoms with van der Waals surface area (Å²) in [5.41, 5.74) is -5.67. The number of nitrogens with zero attached hydrogens (tertiary/aromatic N) is 14. The number of carbonyl (C=O) groups excluding carboxylic acids is 7. The van der Waals surface area contributed by atoms with Gasteiger partial charge in [-0.15, -0.1) is 22.7 Å². The lowest BCUT2D eigenvalue weighted by molar-refractivity contribution is -0.160. The number of thiophene rings is 2. The number of hydrogen-bond acceptors (Lipinski definition) is 21. The molecule has 7 amide bonds. The molecule has 12 heterocycles. The Morgan fingerprint density at radius 1 is 0.489 bits per heavy atom. The number of likely N-dealkylation sites (tertiary alicyclic amines) is 3. The third-order valence-corrected chi connectivity index (χ3v) is 27.7. The van der Waals surface area contributed by atoms with Gasteiger partial charge in [-0.05, 0) is 123 Å². The Morgan fingerprint density at radius 2 is 0.964 bits per heavy atom. The van der Waals surface area contributed by atoms with Crippen molar-refractivity contribution >= 4 is 103 Å². The lowest BCUT2D eigenvalue weighted by Crippen LogP contribution is -2.69. The van der Waals surface area contributed by atoms with E-state index in [4.69, 9.17) is 18.9 Å². The molecular weight excluding hydrogens is 1910 g/mol. The molecule has 1 unspecified atom stereocenters. The van der Waals surface area contributed by atoms with Gasteiger partial charge in [0.15, 0.2) is 0 Å². The van der Waals surface area contributed by atoms with Gasteiger partial charge in [0.25, 0.3) is 35.4 Å². The third kappa shape index (κ3) is 22.6. The fourth-order valence-electron chi connectivity index (χ4n) is 18.7. The summed E-state index contributed by atoms with van der Waals surface area (Å²) < 4.78 is 190. The number of halogens is 13. The quantitative estimate of drug-likeness (QED) is 0.0460. The number of rotatable bonds is 23.